The van der Waals surface area contributed by atoms with Gasteiger partial charge in [-0.05, 0) is 47.1 Å². The normalized spacial score (nSPS) is 13.8. The van der Waals surface area contributed by atoms with Crippen LogP contribution in [0, 0.1) is 5.82 Å². The fraction of sp³-hybridized carbons (Fsp3) is 0.364. The number of hydrogen-bond acceptors (Lipinski definition) is 3. The van der Waals surface area contributed by atoms with Crippen LogP contribution in [-0.4, -0.2) is 43.2 Å². The summed E-state index contributed by atoms with van der Waals surface area (Å²) in [6, 6.07) is 13.1. The molecule has 29 heavy (non-hydrogen) atoms. The zero-order valence-corrected chi connectivity index (χ0v) is 17.7. The van der Waals surface area contributed by atoms with Crippen LogP contribution >= 0.6 is 11.8 Å². The van der Waals surface area contributed by atoms with E-state index in [9.17, 15) is 9.18 Å². The molecule has 0 atom stereocenters. The maximum atomic E-state index is 13.5. The molecular formula is C22H27FN4OS. The number of nitrogens with one attached hydrogen (secondary N) is 2. The van der Waals surface area contributed by atoms with Crippen LogP contribution in [0.4, 0.5) is 4.39 Å². The van der Waals surface area contributed by atoms with Crippen molar-refractivity contribution in [3.8, 4) is 0 Å². The van der Waals surface area contributed by atoms with Gasteiger partial charge in [0.2, 0.25) is 5.91 Å². The molecule has 1 aliphatic rings. The van der Waals surface area contributed by atoms with Crippen LogP contribution in [-0.2, 0) is 30.1 Å². The molecule has 3 rings (SSSR count). The molecule has 0 radical (unpaired) electrons. The van der Waals surface area contributed by atoms with E-state index in [4.69, 9.17) is 0 Å². The fourth-order valence-corrected chi connectivity index (χ4v) is 4.02. The van der Waals surface area contributed by atoms with Crippen LogP contribution in [0.3, 0.4) is 0 Å². The highest BCUT2D eigenvalue weighted by Gasteiger charge is 2.20. The second-order valence-electron chi connectivity index (χ2n) is 6.96. The first kappa shape index (κ1) is 21.2. The molecule has 0 saturated heterocycles. The van der Waals surface area contributed by atoms with Gasteiger partial charge in [0.1, 0.15) is 5.82 Å². The van der Waals surface area contributed by atoms with E-state index in [1.807, 2.05) is 23.3 Å². The SMILES string of the molecule is CN=C(NCC(=O)N1CCc2ccccc2C1)NCc1ccc(F)cc1CSC. The Balaban J connectivity index is 1.52. The average molecular weight is 415 g/mol. The standard InChI is InChI=1S/C22H27FN4OS/c1-24-22(25-12-17-7-8-20(23)11-19(17)15-29-2)26-13-21(28)27-10-9-16-5-3-4-6-18(16)14-27/h3-8,11H,9-10,12-15H2,1-2H3,(H2,24,25,26). The Labute approximate surface area is 175 Å². The first-order chi connectivity index (χ1) is 14.1. The minimum absolute atomic E-state index is 0.0484. The molecule has 7 heteroatoms. The number of hydrogen-bond donors (Lipinski definition) is 2. The molecule has 5 nitrogen and oxygen atoms in total. The lowest BCUT2D eigenvalue weighted by Gasteiger charge is -2.29. The number of carbonyl (C=O) groups is 1. The lowest BCUT2D eigenvalue weighted by Crippen LogP contribution is -2.45. The Morgan fingerprint density at radius 3 is 2.72 bits per heavy atom. The Kier molecular flexibility index (Phi) is 7.52. The van der Waals surface area contributed by atoms with Crippen molar-refractivity contribution in [3.05, 3.63) is 70.5 Å². The van der Waals surface area contributed by atoms with E-state index in [1.165, 1.54) is 17.2 Å². The van der Waals surface area contributed by atoms with Crippen molar-refractivity contribution in [2.24, 2.45) is 4.99 Å². The van der Waals surface area contributed by atoms with Crippen molar-refractivity contribution in [3.63, 3.8) is 0 Å². The summed E-state index contributed by atoms with van der Waals surface area (Å²) in [7, 11) is 1.67. The van der Waals surface area contributed by atoms with Gasteiger partial charge < -0.3 is 15.5 Å². The minimum Gasteiger partial charge on any atom is -0.352 e. The van der Waals surface area contributed by atoms with Gasteiger partial charge in [0.05, 0.1) is 6.54 Å². The molecule has 0 bridgehead atoms. The molecule has 0 spiro atoms. The summed E-state index contributed by atoms with van der Waals surface area (Å²) in [6.45, 7) is 2.08. The van der Waals surface area contributed by atoms with Gasteiger partial charge >= 0.3 is 0 Å². The molecular weight excluding hydrogens is 387 g/mol. The summed E-state index contributed by atoms with van der Waals surface area (Å²) in [4.78, 5) is 18.7. The summed E-state index contributed by atoms with van der Waals surface area (Å²) in [5, 5.41) is 6.31. The van der Waals surface area contributed by atoms with Gasteiger partial charge in [-0.3, -0.25) is 9.79 Å². The van der Waals surface area contributed by atoms with E-state index in [0.717, 1.165) is 29.8 Å². The molecule has 1 heterocycles. The third kappa shape index (κ3) is 5.73. The van der Waals surface area contributed by atoms with Gasteiger partial charge in [0.25, 0.3) is 0 Å². The zero-order valence-electron chi connectivity index (χ0n) is 16.9. The van der Waals surface area contributed by atoms with Crippen LogP contribution in [0.2, 0.25) is 0 Å². The number of benzene rings is 2. The lowest BCUT2D eigenvalue weighted by atomic mass is 10.00. The second kappa shape index (κ2) is 10.3. The van der Waals surface area contributed by atoms with E-state index in [2.05, 4.69) is 27.8 Å². The van der Waals surface area contributed by atoms with E-state index in [-0.39, 0.29) is 18.3 Å². The topological polar surface area (TPSA) is 56.7 Å². The van der Waals surface area contributed by atoms with Crippen LogP contribution in [0.5, 0.6) is 0 Å². The van der Waals surface area contributed by atoms with Gasteiger partial charge in [-0.1, -0.05) is 30.3 Å². The van der Waals surface area contributed by atoms with Crippen molar-refractivity contribution in [2.75, 3.05) is 26.4 Å². The van der Waals surface area contributed by atoms with Crippen LogP contribution in [0.15, 0.2) is 47.5 Å². The van der Waals surface area contributed by atoms with Gasteiger partial charge in [0, 0.05) is 32.4 Å². The number of aliphatic imine (C=N–C) groups is 1. The number of amides is 1. The predicted octanol–water partition coefficient (Wildman–Crippen LogP) is 2.94. The third-order valence-corrected chi connectivity index (χ3v) is 5.63. The van der Waals surface area contributed by atoms with E-state index >= 15 is 0 Å². The molecule has 2 aromatic carbocycles. The molecule has 1 amide bonds. The lowest BCUT2D eigenvalue weighted by molar-refractivity contribution is -0.130. The quantitative estimate of drug-likeness (QED) is 0.564. The highest BCUT2D eigenvalue weighted by atomic mass is 32.2. The van der Waals surface area contributed by atoms with Crippen molar-refractivity contribution < 1.29 is 9.18 Å². The average Bonchev–Trinajstić information content (AvgIpc) is 2.74. The van der Waals surface area contributed by atoms with Crippen molar-refractivity contribution in [2.45, 2.75) is 25.3 Å². The first-order valence-corrected chi connectivity index (χ1v) is 11.1. The molecule has 0 aliphatic carbocycles. The fourth-order valence-electron chi connectivity index (χ4n) is 3.44. The summed E-state index contributed by atoms with van der Waals surface area (Å²) >= 11 is 1.65. The summed E-state index contributed by atoms with van der Waals surface area (Å²) in [6.07, 6.45) is 2.88. The Morgan fingerprint density at radius 2 is 1.97 bits per heavy atom. The zero-order chi connectivity index (χ0) is 20.6. The number of halogens is 1. The van der Waals surface area contributed by atoms with Crippen LogP contribution in [0.25, 0.3) is 0 Å². The smallest absolute Gasteiger partial charge is 0.242 e. The van der Waals surface area contributed by atoms with Crippen LogP contribution < -0.4 is 10.6 Å². The third-order valence-electron chi connectivity index (χ3n) is 5.03. The molecule has 0 unspecified atom stereocenters. The largest absolute Gasteiger partial charge is 0.352 e. The Morgan fingerprint density at radius 1 is 1.17 bits per heavy atom. The number of carbonyl (C=O) groups excluding carboxylic acids is 1. The molecule has 1 aliphatic heterocycles. The maximum Gasteiger partial charge on any atom is 0.242 e. The molecule has 2 aromatic rings. The molecule has 154 valence electrons. The van der Waals surface area contributed by atoms with Crippen molar-refractivity contribution >= 4 is 23.6 Å². The second-order valence-corrected chi connectivity index (χ2v) is 7.83. The monoisotopic (exact) mass is 414 g/mol. The molecule has 2 N–H and O–H groups in total. The highest BCUT2D eigenvalue weighted by molar-refractivity contribution is 7.97. The Hall–Kier alpha value is -2.54. The van der Waals surface area contributed by atoms with E-state index in [0.29, 0.717) is 19.0 Å². The number of rotatable bonds is 6. The minimum atomic E-state index is -0.228. The van der Waals surface area contributed by atoms with Gasteiger partial charge in [-0.25, -0.2) is 4.39 Å². The predicted molar refractivity (Wildman–Crippen MR) is 117 cm³/mol. The van der Waals surface area contributed by atoms with E-state index < -0.39 is 0 Å². The summed E-state index contributed by atoms with van der Waals surface area (Å²) in [5.41, 5.74) is 4.51. The summed E-state index contributed by atoms with van der Waals surface area (Å²) in [5.74, 6) is 1.12. The number of guanidine groups is 1. The number of nitrogens with zero attached hydrogens (tertiary/aromatic N) is 2. The Bertz CT molecular complexity index is 887. The van der Waals surface area contributed by atoms with Crippen molar-refractivity contribution in [1.29, 1.82) is 0 Å². The van der Waals surface area contributed by atoms with Gasteiger partial charge in [0.15, 0.2) is 5.96 Å². The van der Waals surface area contributed by atoms with Gasteiger partial charge in [-0.2, -0.15) is 11.8 Å². The summed E-state index contributed by atoms with van der Waals surface area (Å²) < 4.78 is 13.5. The highest BCUT2D eigenvalue weighted by Crippen LogP contribution is 2.18. The maximum absolute atomic E-state index is 13.5. The number of fused-ring (bicyclic) bond motifs is 1. The first-order valence-electron chi connectivity index (χ1n) is 9.66. The van der Waals surface area contributed by atoms with Gasteiger partial charge in [-0.15, -0.1) is 0 Å². The van der Waals surface area contributed by atoms with Crippen LogP contribution in [0.1, 0.15) is 22.3 Å². The molecule has 0 fully saturated rings. The molecule has 0 saturated carbocycles. The molecule has 0 aromatic heterocycles. The van der Waals surface area contributed by atoms with E-state index in [1.54, 1.807) is 30.9 Å². The van der Waals surface area contributed by atoms with Crippen molar-refractivity contribution in [1.82, 2.24) is 15.5 Å². The number of thioether (sulfide) groups is 1.